The van der Waals surface area contributed by atoms with Crippen molar-refractivity contribution >= 4 is 17.9 Å². The van der Waals surface area contributed by atoms with E-state index in [0.29, 0.717) is 6.42 Å². The van der Waals surface area contributed by atoms with Gasteiger partial charge in [0.05, 0.1) is 24.9 Å². The number of hydrogen-bond donors (Lipinski definition) is 2. The lowest BCUT2D eigenvalue weighted by molar-refractivity contribution is -0.166. The third kappa shape index (κ3) is 4.84. The lowest BCUT2D eigenvalue weighted by Gasteiger charge is -2.59. The van der Waals surface area contributed by atoms with Gasteiger partial charge in [0.15, 0.2) is 0 Å². The monoisotopic (exact) mass is 408 g/mol. The Kier molecular flexibility index (Phi) is 7.52. The maximum atomic E-state index is 12.1. The molecule has 0 amide bonds. The molecule has 2 rings (SSSR count). The Bertz CT molecular complexity index is 656. The number of esters is 1. The highest BCUT2D eigenvalue weighted by Crippen LogP contribution is 2.63. The van der Waals surface area contributed by atoms with Crippen LogP contribution in [0.25, 0.3) is 0 Å². The second-order valence-corrected chi connectivity index (χ2v) is 9.38. The van der Waals surface area contributed by atoms with Crippen LogP contribution in [0.2, 0.25) is 0 Å². The molecule has 2 aliphatic rings. The van der Waals surface area contributed by atoms with E-state index in [1.807, 2.05) is 6.92 Å². The van der Waals surface area contributed by atoms with Crippen molar-refractivity contribution in [3.8, 4) is 0 Å². The van der Waals surface area contributed by atoms with Crippen molar-refractivity contribution in [1.82, 2.24) is 0 Å². The number of carbonyl (C=O) groups is 3. The molecule has 0 aliphatic heterocycles. The molecular formula is C23H36O6. The first-order valence-corrected chi connectivity index (χ1v) is 10.8. The van der Waals surface area contributed by atoms with Gasteiger partial charge in [0.1, 0.15) is 0 Å². The van der Waals surface area contributed by atoms with Crippen LogP contribution in [0.15, 0.2) is 12.2 Å². The van der Waals surface area contributed by atoms with E-state index >= 15 is 0 Å². The summed E-state index contributed by atoms with van der Waals surface area (Å²) >= 11 is 0. The van der Waals surface area contributed by atoms with Crippen LogP contribution in [0.4, 0.5) is 0 Å². The lowest BCUT2D eigenvalue weighted by Crippen LogP contribution is -2.54. The van der Waals surface area contributed by atoms with Crippen LogP contribution in [0.5, 0.6) is 0 Å². The molecule has 6 nitrogen and oxygen atoms in total. The first kappa shape index (κ1) is 23.4. The van der Waals surface area contributed by atoms with Crippen LogP contribution in [-0.2, 0) is 19.1 Å². The van der Waals surface area contributed by atoms with E-state index in [1.165, 1.54) is 5.57 Å². The molecular weight excluding hydrogens is 372 g/mol. The summed E-state index contributed by atoms with van der Waals surface area (Å²) in [6, 6.07) is 0. The van der Waals surface area contributed by atoms with Gasteiger partial charge in [-0.2, -0.15) is 0 Å². The van der Waals surface area contributed by atoms with Gasteiger partial charge >= 0.3 is 17.9 Å². The van der Waals surface area contributed by atoms with Gasteiger partial charge in [0, 0.05) is 0 Å². The number of ether oxygens (including phenoxy) is 1. The Morgan fingerprint density at radius 2 is 1.90 bits per heavy atom. The molecule has 2 N–H and O–H groups in total. The summed E-state index contributed by atoms with van der Waals surface area (Å²) in [5, 5.41) is 18.6. The number of allylic oxidation sites excluding steroid dienone is 1. The number of rotatable bonds is 9. The maximum absolute atomic E-state index is 12.1. The Labute approximate surface area is 173 Å². The Balaban J connectivity index is 2.12. The molecule has 0 aromatic carbocycles. The SMILES string of the molecule is C=C1CCC2C(C)(C(=O)O)CCCC2(C)C1C(CC)CCOC(=O)CCC(=O)O. The molecule has 0 spiro atoms. The third-order valence-electron chi connectivity index (χ3n) is 7.66. The van der Waals surface area contributed by atoms with Crippen LogP contribution in [0, 0.1) is 28.6 Å². The summed E-state index contributed by atoms with van der Waals surface area (Å²) in [5.74, 6) is -1.60. The normalized spacial score (nSPS) is 32.9. The zero-order valence-corrected chi connectivity index (χ0v) is 18.0. The van der Waals surface area contributed by atoms with Gasteiger partial charge in [-0.25, -0.2) is 0 Å². The molecule has 0 saturated heterocycles. The van der Waals surface area contributed by atoms with Crippen LogP contribution in [0.3, 0.4) is 0 Å². The van der Waals surface area contributed by atoms with Crippen LogP contribution < -0.4 is 0 Å². The molecule has 0 aromatic rings. The minimum Gasteiger partial charge on any atom is -0.481 e. The first-order valence-electron chi connectivity index (χ1n) is 10.8. The molecule has 0 heterocycles. The molecule has 0 aromatic heterocycles. The second-order valence-electron chi connectivity index (χ2n) is 9.38. The summed E-state index contributed by atoms with van der Waals surface area (Å²) in [6.45, 7) is 10.9. The largest absolute Gasteiger partial charge is 0.481 e. The van der Waals surface area contributed by atoms with Crippen LogP contribution >= 0.6 is 0 Å². The number of hydrogen-bond acceptors (Lipinski definition) is 4. The van der Waals surface area contributed by atoms with Gasteiger partial charge in [0.25, 0.3) is 0 Å². The van der Waals surface area contributed by atoms with E-state index in [0.717, 1.165) is 38.5 Å². The molecule has 2 fully saturated rings. The first-order chi connectivity index (χ1) is 13.6. The second kappa shape index (κ2) is 9.31. The minimum absolute atomic E-state index is 0.112. The fourth-order valence-electron chi connectivity index (χ4n) is 6.22. The highest BCUT2D eigenvalue weighted by Gasteiger charge is 2.58. The van der Waals surface area contributed by atoms with Crippen LogP contribution in [0.1, 0.15) is 78.6 Å². The van der Waals surface area contributed by atoms with Gasteiger partial charge in [-0.05, 0) is 62.2 Å². The standard InChI is InChI=1S/C23H36O6/c1-5-16(11-14-29-19(26)10-9-18(24)25)20-15(2)7-8-17-22(20,3)12-6-13-23(17,4)21(27)28/h16-17,20H,2,5-14H2,1,3-4H3,(H,24,25)(H,27,28). The molecule has 5 unspecified atom stereocenters. The average Bonchev–Trinajstić information content (AvgIpc) is 2.64. The van der Waals surface area contributed by atoms with Gasteiger partial charge in [0.2, 0.25) is 0 Å². The number of carboxylic acid groups (broad SMARTS) is 2. The fourth-order valence-corrected chi connectivity index (χ4v) is 6.22. The van der Waals surface area contributed by atoms with Gasteiger partial charge in [-0.3, -0.25) is 14.4 Å². The van der Waals surface area contributed by atoms with Crippen molar-refractivity contribution in [3.63, 3.8) is 0 Å². The Morgan fingerprint density at radius 1 is 1.21 bits per heavy atom. The minimum atomic E-state index is -1.01. The van der Waals surface area contributed by atoms with Crippen molar-refractivity contribution in [2.45, 2.75) is 78.6 Å². The lowest BCUT2D eigenvalue weighted by atomic mass is 9.45. The molecule has 2 saturated carbocycles. The molecule has 164 valence electrons. The van der Waals surface area contributed by atoms with E-state index in [2.05, 4.69) is 20.4 Å². The van der Waals surface area contributed by atoms with Crippen LogP contribution in [-0.4, -0.2) is 34.7 Å². The molecule has 2 aliphatic carbocycles. The summed E-state index contributed by atoms with van der Waals surface area (Å²) < 4.78 is 5.27. The number of aliphatic carboxylic acids is 2. The Hall–Kier alpha value is -1.85. The summed E-state index contributed by atoms with van der Waals surface area (Å²) in [4.78, 5) is 34.5. The van der Waals surface area contributed by atoms with Crippen molar-refractivity contribution < 1.29 is 29.3 Å². The van der Waals surface area contributed by atoms with E-state index in [-0.39, 0.29) is 42.6 Å². The van der Waals surface area contributed by atoms with Gasteiger partial charge in [-0.15, -0.1) is 0 Å². The maximum Gasteiger partial charge on any atom is 0.309 e. The highest BCUT2D eigenvalue weighted by molar-refractivity contribution is 5.76. The number of carboxylic acids is 2. The molecule has 0 bridgehead atoms. The number of fused-ring (bicyclic) bond motifs is 1. The highest BCUT2D eigenvalue weighted by atomic mass is 16.5. The summed E-state index contributed by atoms with van der Waals surface area (Å²) in [7, 11) is 0. The summed E-state index contributed by atoms with van der Waals surface area (Å²) in [6.07, 6.45) is 5.60. The topological polar surface area (TPSA) is 101 Å². The molecule has 5 atom stereocenters. The van der Waals surface area contributed by atoms with Crippen molar-refractivity contribution in [1.29, 1.82) is 0 Å². The average molecular weight is 409 g/mol. The molecule has 29 heavy (non-hydrogen) atoms. The Morgan fingerprint density at radius 3 is 2.48 bits per heavy atom. The zero-order valence-electron chi connectivity index (χ0n) is 18.0. The third-order valence-corrected chi connectivity index (χ3v) is 7.66. The van der Waals surface area contributed by atoms with Crippen molar-refractivity contribution in [3.05, 3.63) is 12.2 Å². The van der Waals surface area contributed by atoms with E-state index in [9.17, 15) is 19.5 Å². The predicted octanol–water partition coefficient (Wildman–Crippen LogP) is 4.67. The summed E-state index contributed by atoms with van der Waals surface area (Å²) in [5.41, 5.74) is 0.379. The smallest absolute Gasteiger partial charge is 0.309 e. The molecule has 0 radical (unpaired) electrons. The quantitative estimate of drug-likeness (QED) is 0.424. The fraction of sp³-hybridized carbons (Fsp3) is 0.783. The van der Waals surface area contributed by atoms with E-state index in [1.54, 1.807) is 0 Å². The predicted molar refractivity (Wildman–Crippen MR) is 109 cm³/mol. The zero-order chi connectivity index (χ0) is 21.8. The van der Waals surface area contributed by atoms with Crippen molar-refractivity contribution in [2.24, 2.45) is 28.6 Å². The van der Waals surface area contributed by atoms with Gasteiger partial charge in [-0.1, -0.05) is 38.8 Å². The van der Waals surface area contributed by atoms with Crippen molar-refractivity contribution in [2.75, 3.05) is 6.61 Å². The van der Waals surface area contributed by atoms with E-state index in [4.69, 9.17) is 9.84 Å². The molecule has 6 heteroatoms. The number of carbonyl (C=O) groups excluding carboxylic acids is 1. The van der Waals surface area contributed by atoms with Gasteiger partial charge < -0.3 is 14.9 Å². The van der Waals surface area contributed by atoms with E-state index < -0.39 is 23.3 Å².